The van der Waals surface area contributed by atoms with Crippen LogP contribution in [0.25, 0.3) is 0 Å². The highest BCUT2D eigenvalue weighted by atomic mass is 32.1. The number of carbonyl (C=O) groups is 2. The Bertz CT molecular complexity index is 872. The van der Waals surface area contributed by atoms with Gasteiger partial charge in [0.05, 0.1) is 6.54 Å². The van der Waals surface area contributed by atoms with Crippen molar-refractivity contribution in [2.75, 3.05) is 13.1 Å². The fraction of sp³-hybridized carbons (Fsp3) is 0.364. The molecule has 1 saturated carbocycles. The van der Waals surface area contributed by atoms with Gasteiger partial charge in [-0.2, -0.15) is 0 Å². The molecule has 2 fully saturated rings. The minimum Gasteiger partial charge on any atom is -0.351 e. The van der Waals surface area contributed by atoms with E-state index in [0.717, 1.165) is 24.8 Å². The molecule has 138 valence electrons. The van der Waals surface area contributed by atoms with E-state index in [2.05, 4.69) is 17.2 Å². The summed E-state index contributed by atoms with van der Waals surface area (Å²) in [5, 5.41) is 5.08. The van der Waals surface area contributed by atoms with Crippen LogP contribution in [-0.2, 0) is 16.1 Å². The van der Waals surface area contributed by atoms with E-state index in [4.69, 9.17) is 0 Å². The van der Waals surface area contributed by atoms with Crippen LogP contribution in [0, 0.1) is 23.2 Å². The minimum atomic E-state index is -0.118. The van der Waals surface area contributed by atoms with Gasteiger partial charge in [0.2, 0.25) is 5.91 Å². The van der Waals surface area contributed by atoms with Crippen LogP contribution < -0.4 is 5.32 Å². The topological polar surface area (TPSA) is 49.4 Å². The summed E-state index contributed by atoms with van der Waals surface area (Å²) < 4.78 is 0. The summed E-state index contributed by atoms with van der Waals surface area (Å²) in [7, 11) is 0. The molecular formula is C22H22N2O2S. The van der Waals surface area contributed by atoms with Gasteiger partial charge >= 0.3 is 0 Å². The van der Waals surface area contributed by atoms with Crippen LogP contribution in [0.4, 0.5) is 0 Å². The van der Waals surface area contributed by atoms with E-state index in [-0.39, 0.29) is 23.1 Å². The third-order valence-corrected chi connectivity index (χ3v) is 6.53. The van der Waals surface area contributed by atoms with Gasteiger partial charge in [0, 0.05) is 35.4 Å². The van der Waals surface area contributed by atoms with Gasteiger partial charge in [-0.1, -0.05) is 30.2 Å². The van der Waals surface area contributed by atoms with Gasteiger partial charge in [-0.25, -0.2) is 0 Å². The predicted molar refractivity (Wildman–Crippen MR) is 106 cm³/mol. The summed E-state index contributed by atoms with van der Waals surface area (Å²) in [5.74, 6) is 5.82. The number of amides is 2. The number of thiophene rings is 1. The second-order valence-electron chi connectivity index (χ2n) is 7.32. The first-order chi connectivity index (χ1) is 13.2. The maximum absolute atomic E-state index is 12.4. The number of nitrogens with one attached hydrogen (secondary N) is 1. The van der Waals surface area contributed by atoms with Gasteiger partial charge in [0.1, 0.15) is 0 Å². The lowest BCUT2D eigenvalue weighted by molar-refractivity contribution is -0.127. The van der Waals surface area contributed by atoms with Crippen molar-refractivity contribution in [3.05, 3.63) is 58.3 Å². The second-order valence-corrected chi connectivity index (χ2v) is 8.36. The van der Waals surface area contributed by atoms with Gasteiger partial charge < -0.3 is 10.2 Å². The van der Waals surface area contributed by atoms with E-state index in [1.165, 1.54) is 4.88 Å². The van der Waals surface area contributed by atoms with Crippen LogP contribution in [0.5, 0.6) is 0 Å². The summed E-state index contributed by atoms with van der Waals surface area (Å²) in [6.07, 6.45) is 2.73. The van der Waals surface area contributed by atoms with Gasteiger partial charge in [0.25, 0.3) is 5.91 Å². The molecule has 2 amide bonds. The quantitative estimate of drug-likeness (QED) is 0.835. The maximum Gasteiger partial charge on any atom is 0.298 e. The Labute approximate surface area is 163 Å². The predicted octanol–water partition coefficient (Wildman–Crippen LogP) is 3.04. The molecule has 0 radical (unpaired) electrons. The zero-order chi connectivity index (χ0) is 18.7. The first-order valence-electron chi connectivity index (χ1n) is 9.32. The minimum absolute atomic E-state index is 0.100. The molecule has 0 unspecified atom stereocenters. The van der Waals surface area contributed by atoms with Crippen LogP contribution in [0.1, 0.15) is 29.7 Å². The maximum atomic E-state index is 12.4. The lowest BCUT2D eigenvalue weighted by atomic mass is 9.90. The third-order valence-electron chi connectivity index (χ3n) is 5.66. The highest BCUT2D eigenvalue weighted by molar-refractivity contribution is 7.09. The second kappa shape index (κ2) is 7.58. The molecule has 2 heterocycles. The third kappa shape index (κ3) is 4.06. The summed E-state index contributed by atoms with van der Waals surface area (Å²) >= 11 is 1.66. The Kier molecular flexibility index (Phi) is 5.00. The van der Waals surface area contributed by atoms with Gasteiger partial charge in [-0.3, -0.25) is 9.59 Å². The smallest absolute Gasteiger partial charge is 0.298 e. The van der Waals surface area contributed by atoms with Crippen LogP contribution in [0.3, 0.4) is 0 Å². The van der Waals surface area contributed by atoms with Crippen LogP contribution >= 0.6 is 11.3 Å². The van der Waals surface area contributed by atoms with E-state index in [0.29, 0.717) is 19.6 Å². The number of benzene rings is 1. The molecule has 1 N–H and O–H groups in total. The van der Waals surface area contributed by atoms with E-state index >= 15 is 0 Å². The van der Waals surface area contributed by atoms with E-state index in [1.54, 1.807) is 11.3 Å². The van der Waals surface area contributed by atoms with Crippen molar-refractivity contribution in [3.8, 4) is 11.8 Å². The molecule has 1 aliphatic heterocycles. The van der Waals surface area contributed by atoms with Crippen LogP contribution in [-0.4, -0.2) is 29.8 Å². The molecule has 5 heteroatoms. The normalized spacial score (nSPS) is 19.9. The molecule has 1 aromatic carbocycles. The van der Waals surface area contributed by atoms with Crippen molar-refractivity contribution in [3.63, 3.8) is 0 Å². The Morgan fingerprint density at radius 3 is 2.63 bits per heavy atom. The Morgan fingerprint density at radius 2 is 1.93 bits per heavy atom. The fourth-order valence-corrected chi connectivity index (χ4v) is 4.51. The summed E-state index contributed by atoms with van der Waals surface area (Å²) in [4.78, 5) is 27.8. The zero-order valence-electron chi connectivity index (χ0n) is 15.1. The fourth-order valence-electron chi connectivity index (χ4n) is 3.86. The zero-order valence-corrected chi connectivity index (χ0v) is 15.9. The molecule has 1 aliphatic carbocycles. The summed E-state index contributed by atoms with van der Waals surface area (Å²) in [6.45, 7) is 2.00. The van der Waals surface area contributed by atoms with Crippen molar-refractivity contribution < 1.29 is 9.59 Å². The van der Waals surface area contributed by atoms with E-state index < -0.39 is 0 Å². The van der Waals surface area contributed by atoms with E-state index in [1.807, 2.05) is 52.7 Å². The molecule has 0 bridgehead atoms. The van der Waals surface area contributed by atoms with Crippen LogP contribution in [0.15, 0.2) is 47.8 Å². The van der Waals surface area contributed by atoms with E-state index in [9.17, 15) is 9.59 Å². The standard InChI is InChI=1S/C22H22N2O2S/c25-20(9-8-17-5-2-1-3-6-17)24-12-10-22(11-13-24)15-19(22)21(26)23-16-18-7-4-14-27-18/h1-7,14,19H,10-13,15-16H2,(H,23,26)/t19-/m0/s1. The lowest BCUT2D eigenvalue weighted by Gasteiger charge is -2.31. The SMILES string of the molecule is O=C(NCc1cccs1)[C@@H]1CC12CCN(C(=O)C#Cc1ccccc1)CC2. The highest BCUT2D eigenvalue weighted by Crippen LogP contribution is 2.59. The summed E-state index contributed by atoms with van der Waals surface area (Å²) in [5.41, 5.74) is 0.951. The summed E-state index contributed by atoms with van der Waals surface area (Å²) in [6, 6.07) is 13.6. The first kappa shape index (κ1) is 17.8. The number of carbonyl (C=O) groups excluding carboxylic acids is 2. The van der Waals surface area contributed by atoms with Crippen LogP contribution in [0.2, 0.25) is 0 Å². The number of piperidine rings is 1. The van der Waals surface area contributed by atoms with Gasteiger partial charge in [0.15, 0.2) is 0 Å². The van der Waals surface area contributed by atoms with Gasteiger partial charge in [-0.15, -0.1) is 11.3 Å². The molecule has 1 spiro atoms. The molecule has 1 saturated heterocycles. The van der Waals surface area contributed by atoms with Crippen molar-refractivity contribution in [1.82, 2.24) is 10.2 Å². The lowest BCUT2D eigenvalue weighted by Crippen LogP contribution is -2.40. The van der Waals surface area contributed by atoms with Gasteiger partial charge in [-0.05, 0) is 48.3 Å². The monoisotopic (exact) mass is 378 g/mol. The molecule has 1 atom stereocenters. The Balaban J connectivity index is 1.26. The van der Waals surface area contributed by atoms with Crippen molar-refractivity contribution in [1.29, 1.82) is 0 Å². The molecule has 27 heavy (non-hydrogen) atoms. The van der Waals surface area contributed by atoms with Crippen molar-refractivity contribution in [2.24, 2.45) is 11.3 Å². The average molecular weight is 378 g/mol. The number of rotatable bonds is 3. The Morgan fingerprint density at radius 1 is 1.15 bits per heavy atom. The molecule has 1 aromatic heterocycles. The van der Waals surface area contributed by atoms with Crippen molar-refractivity contribution >= 4 is 23.2 Å². The van der Waals surface area contributed by atoms with Crippen molar-refractivity contribution in [2.45, 2.75) is 25.8 Å². The number of hydrogen-bond donors (Lipinski definition) is 1. The molecule has 2 aromatic rings. The number of nitrogens with zero attached hydrogens (tertiary/aromatic N) is 1. The first-order valence-corrected chi connectivity index (χ1v) is 10.2. The molecule has 2 aliphatic rings. The molecule has 4 nitrogen and oxygen atoms in total. The Hall–Kier alpha value is -2.58. The molecule has 4 rings (SSSR count). The molecular weight excluding hydrogens is 356 g/mol. The largest absolute Gasteiger partial charge is 0.351 e. The number of hydrogen-bond acceptors (Lipinski definition) is 3. The number of likely N-dealkylation sites (tertiary alicyclic amines) is 1. The highest BCUT2D eigenvalue weighted by Gasteiger charge is 2.58. The average Bonchev–Trinajstić information content (AvgIpc) is 3.14.